The van der Waals surface area contributed by atoms with E-state index in [2.05, 4.69) is 22.7 Å². The van der Waals surface area contributed by atoms with Gasteiger partial charge in [0.2, 0.25) is 11.8 Å². The first-order valence-corrected chi connectivity index (χ1v) is 16.4. The van der Waals surface area contributed by atoms with Gasteiger partial charge in [0.25, 0.3) is 5.91 Å². The first-order chi connectivity index (χ1) is 21.5. The standard InChI is InChI=1S/C34H48FN5O5/c1-5-30(43)37-31(34(45)39-17-14-26(41)15-18-39)22(4)24-11-12-25(27(35)19-24)20-29(42)32(23-9-7-21(3)8-10-23)38-33(44)28-13-16-36-40(28)6-2/h11-13,16,19,21-23,26,31-32,41H,5-10,14-15,17-18,20H2,1-4H3,(H,37,43)(H,38,44)/t21?,22-,23?,31+,32-/m0/s1. The molecule has 0 radical (unpaired) electrons. The smallest absolute Gasteiger partial charge is 0.270 e. The Labute approximate surface area is 265 Å². The fourth-order valence-corrected chi connectivity index (χ4v) is 6.51. The minimum absolute atomic E-state index is 0.0390. The average molecular weight is 626 g/mol. The molecule has 2 aliphatic rings. The Morgan fingerprint density at radius 3 is 2.33 bits per heavy atom. The van der Waals surface area contributed by atoms with Gasteiger partial charge in [0.15, 0.2) is 5.78 Å². The topological polar surface area (TPSA) is 134 Å². The highest BCUT2D eigenvalue weighted by atomic mass is 19.1. The van der Waals surface area contributed by atoms with Crippen molar-refractivity contribution in [1.82, 2.24) is 25.3 Å². The summed E-state index contributed by atoms with van der Waals surface area (Å²) in [5.74, 6) is -1.77. The highest BCUT2D eigenvalue weighted by Gasteiger charge is 2.35. The molecule has 45 heavy (non-hydrogen) atoms. The number of piperidine rings is 1. The van der Waals surface area contributed by atoms with Crippen LogP contribution < -0.4 is 10.6 Å². The summed E-state index contributed by atoms with van der Waals surface area (Å²) in [5, 5.41) is 19.8. The van der Waals surface area contributed by atoms with E-state index in [4.69, 9.17) is 0 Å². The first-order valence-electron chi connectivity index (χ1n) is 16.4. The molecule has 1 aliphatic carbocycles. The van der Waals surface area contributed by atoms with Crippen LogP contribution in [0, 0.1) is 17.7 Å². The number of rotatable bonds is 12. The van der Waals surface area contributed by atoms with Crippen LogP contribution in [0.25, 0.3) is 0 Å². The van der Waals surface area contributed by atoms with Crippen molar-refractivity contribution in [3.63, 3.8) is 0 Å². The fraction of sp³-hybridized carbons (Fsp3) is 0.618. The number of likely N-dealkylation sites (tertiary alicyclic amines) is 1. The lowest BCUT2D eigenvalue weighted by atomic mass is 9.77. The van der Waals surface area contributed by atoms with Crippen LogP contribution in [0.3, 0.4) is 0 Å². The van der Waals surface area contributed by atoms with Crippen molar-refractivity contribution in [2.24, 2.45) is 11.8 Å². The summed E-state index contributed by atoms with van der Waals surface area (Å²) >= 11 is 0. The van der Waals surface area contributed by atoms with Crippen molar-refractivity contribution in [3.05, 3.63) is 53.1 Å². The molecule has 1 saturated carbocycles. The Hall–Kier alpha value is -3.60. The SMILES string of the molecule is CCC(=O)N[C@@H](C(=O)N1CCC(O)CC1)[C@@H](C)c1ccc(CC(=O)[C@@H](NC(=O)c2ccnn2CC)C2CCC(C)CC2)c(F)c1. The van der Waals surface area contributed by atoms with Crippen molar-refractivity contribution in [2.75, 3.05) is 13.1 Å². The largest absolute Gasteiger partial charge is 0.393 e. The number of ketones is 1. The maximum absolute atomic E-state index is 15.6. The number of nitrogens with one attached hydrogen (secondary N) is 2. The third kappa shape index (κ3) is 8.56. The van der Waals surface area contributed by atoms with Gasteiger partial charge < -0.3 is 20.6 Å². The Kier molecular flexibility index (Phi) is 11.9. The van der Waals surface area contributed by atoms with E-state index in [1.165, 1.54) is 6.07 Å². The molecule has 4 rings (SSSR count). The lowest BCUT2D eigenvalue weighted by Gasteiger charge is -2.35. The molecule has 1 saturated heterocycles. The second-order valence-corrected chi connectivity index (χ2v) is 12.7. The number of hydrogen-bond donors (Lipinski definition) is 3. The van der Waals surface area contributed by atoms with Crippen LogP contribution in [0.2, 0.25) is 0 Å². The second kappa shape index (κ2) is 15.6. The van der Waals surface area contributed by atoms with E-state index < -0.39 is 29.9 Å². The molecule has 3 amide bonds. The van der Waals surface area contributed by atoms with Gasteiger partial charge in [0.1, 0.15) is 17.6 Å². The normalized spacial score (nSPS) is 21.1. The van der Waals surface area contributed by atoms with Crippen LogP contribution >= 0.6 is 0 Å². The average Bonchev–Trinajstić information content (AvgIpc) is 3.53. The molecule has 1 aliphatic heterocycles. The second-order valence-electron chi connectivity index (χ2n) is 12.7. The summed E-state index contributed by atoms with van der Waals surface area (Å²) in [6.45, 7) is 8.84. The number of carbonyl (C=O) groups is 4. The maximum Gasteiger partial charge on any atom is 0.270 e. The van der Waals surface area contributed by atoms with E-state index in [9.17, 15) is 24.3 Å². The Bertz CT molecular complexity index is 1350. The van der Waals surface area contributed by atoms with E-state index in [1.807, 2.05) is 6.92 Å². The zero-order valence-corrected chi connectivity index (χ0v) is 26.9. The predicted molar refractivity (Wildman–Crippen MR) is 168 cm³/mol. The van der Waals surface area contributed by atoms with Gasteiger partial charge in [-0.05, 0) is 67.7 Å². The van der Waals surface area contributed by atoms with Gasteiger partial charge in [-0.2, -0.15) is 5.10 Å². The third-order valence-corrected chi connectivity index (χ3v) is 9.56. The summed E-state index contributed by atoms with van der Waals surface area (Å²) in [4.78, 5) is 54.5. The molecule has 3 N–H and O–H groups in total. The fourth-order valence-electron chi connectivity index (χ4n) is 6.51. The van der Waals surface area contributed by atoms with Crippen molar-refractivity contribution < 1.29 is 28.7 Å². The number of Topliss-reactive ketones (excluding diaryl/α,β-unsaturated/α-hetero) is 1. The summed E-state index contributed by atoms with van der Waals surface area (Å²) in [6.07, 6.45) is 5.59. The third-order valence-electron chi connectivity index (χ3n) is 9.56. The van der Waals surface area contributed by atoms with Crippen LogP contribution in [-0.2, 0) is 27.3 Å². The molecule has 3 atom stereocenters. The number of benzene rings is 1. The minimum atomic E-state index is -0.899. The molecular formula is C34H48FN5O5. The molecule has 2 heterocycles. The van der Waals surface area contributed by atoms with E-state index >= 15 is 4.39 Å². The Balaban J connectivity index is 1.52. The number of aryl methyl sites for hydroxylation is 1. The van der Waals surface area contributed by atoms with E-state index in [0.717, 1.165) is 25.7 Å². The molecule has 11 heteroatoms. The van der Waals surface area contributed by atoms with Crippen LogP contribution in [0.5, 0.6) is 0 Å². The first kappa shape index (κ1) is 34.3. The molecule has 2 fully saturated rings. The molecule has 2 aromatic rings. The summed E-state index contributed by atoms with van der Waals surface area (Å²) in [7, 11) is 0. The number of nitrogens with zero attached hydrogens (tertiary/aromatic N) is 3. The van der Waals surface area contributed by atoms with E-state index in [1.54, 1.807) is 47.8 Å². The number of aliphatic hydroxyl groups excluding tert-OH is 1. The molecule has 0 bridgehead atoms. The molecule has 1 aromatic heterocycles. The number of amides is 3. The van der Waals surface area contributed by atoms with E-state index in [0.29, 0.717) is 49.7 Å². The van der Waals surface area contributed by atoms with Crippen molar-refractivity contribution in [3.8, 4) is 0 Å². The molecular weight excluding hydrogens is 577 g/mol. The van der Waals surface area contributed by atoms with Crippen LogP contribution in [0.1, 0.15) is 100 Å². The van der Waals surface area contributed by atoms with E-state index in [-0.39, 0.29) is 47.8 Å². The predicted octanol–water partition coefficient (Wildman–Crippen LogP) is 3.76. The summed E-state index contributed by atoms with van der Waals surface area (Å²) in [6, 6.07) is 4.57. The monoisotopic (exact) mass is 625 g/mol. The zero-order valence-electron chi connectivity index (χ0n) is 26.9. The van der Waals surface area contributed by atoms with Gasteiger partial charge in [0, 0.05) is 44.6 Å². The molecule has 246 valence electrons. The zero-order chi connectivity index (χ0) is 32.7. The number of carbonyl (C=O) groups excluding carboxylic acids is 4. The summed E-state index contributed by atoms with van der Waals surface area (Å²) in [5.41, 5.74) is 1.11. The lowest BCUT2D eigenvalue weighted by molar-refractivity contribution is -0.138. The van der Waals surface area contributed by atoms with Crippen LogP contribution in [0.15, 0.2) is 30.5 Å². The maximum atomic E-state index is 15.6. The van der Waals surface area contributed by atoms with Crippen molar-refractivity contribution >= 4 is 23.5 Å². The minimum Gasteiger partial charge on any atom is -0.393 e. The Morgan fingerprint density at radius 1 is 1.02 bits per heavy atom. The Morgan fingerprint density at radius 2 is 1.71 bits per heavy atom. The number of aromatic nitrogens is 2. The van der Waals surface area contributed by atoms with Gasteiger partial charge in [0.05, 0.1) is 12.1 Å². The summed E-state index contributed by atoms with van der Waals surface area (Å²) < 4.78 is 17.2. The molecule has 10 nitrogen and oxygen atoms in total. The highest BCUT2D eigenvalue weighted by Crippen LogP contribution is 2.32. The van der Waals surface area contributed by atoms with Crippen molar-refractivity contribution in [1.29, 1.82) is 0 Å². The van der Waals surface area contributed by atoms with Gasteiger partial charge >= 0.3 is 0 Å². The number of hydrogen-bond acceptors (Lipinski definition) is 6. The lowest BCUT2D eigenvalue weighted by Crippen LogP contribution is -2.53. The molecule has 0 unspecified atom stereocenters. The van der Waals surface area contributed by atoms with Gasteiger partial charge in [-0.25, -0.2) is 4.39 Å². The quantitative estimate of drug-likeness (QED) is 0.329. The van der Waals surface area contributed by atoms with Gasteiger partial charge in [-0.3, -0.25) is 23.9 Å². The van der Waals surface area contributed by atoms with Gasteiger partial charge in [-0.15, -0.1) is 0 Å². The number of halogens is 1. The number of aliphatic hydroxyl groups is 1. The van der Waals surface area contributed by atoms with Crippen molar-refractivity contribution in [2.45, 2.75) is 110 Å². The highest BCUT2D eigenvalue weighted by molar-refractivity contribution is 5.97. The molecule has 0 spiro atoms. The van der Waals surface area contributed by atoms with Crippen LogP contribution in [0.4, 0.5) is 4.39 Å². The van der Waals surface area contributed by atoms with Crippen LogP contribution in [-0.4, -0.2) is 74.6 Å². The van der Waals surface area contributed by atoms with Gasteiger partial charge in [-0.1, -0.05) is 45.7 Å². The molecule has 1 aromatic carbocycles.